The van der Waals surface area contributed by atoms with Gasteiger partial charge in [0.25, 0.3) is 21.8 Å². The molecule has 2 aliphatic heterocycles. The maximum atomic E-state index is 14.3. The first-order chi connectivity index (χ1) is 20.5. The molecule has 0 unspecified atom stereocenters. The van der Waals surface area contributed by atoms with E-state index in [0.29, 0.717) is 21.3 Å². The maximum Gasteiger partial charge on any atom is 0.260 e. The van der Waals surface area contributed by atoms with Crippen LogP contribution in [0.3, 0.4) is 0 Å². The van der Waals surface area contributed by atoms with Crippen LogP contribution in [0.2, 0.25) is 10.0 Å². The van der Waals surface area contributed by atoms with E-state index in [-0.39, 0.29) is 55.4 Å². The van der Waals surface area contributed by atoms with Crippen LogP contribution in [0.4, 0.5) is 11.6 Å². The van der Waals surface area contributed by atoms with Gasteiger partial charge in [0.1, 0.15) is 5.54 Å². The molecule has 2 aliphatic rings. The highest BCUT2D eigenvalue weighted by Crippen LogP contribution is 2.45. The Kier molecular flexibility index (Phi) is 7.84. The molecule has 14 heteroatoms. The van der Waals surface area contributed by atoms with E-state index in [1.165, 1.54) is 26.2 Å². The summed E-state index contributed by atoms with van der Waals surface area (Å²) in [5.41, 5.74) is 0.293. The number of aromatic nitrogens is 3. The molecule has 1 fully saturated rings. The number of carbonyl (C=O) groups is 2. The van der Waals surface area contributed by atoms with Gasteiger partial charge < -0.3 is 4.90 Å². The summed E-state index contributed by atoms with van der Waals surface area (Å²) < 4.78 is 32.0. The van der Waals surface area contributed by atoms with Gasteiger partial charge in [-0.25, -0.2) is 18.3 Å². The van der Waals surface area contributed by atoms with Gasteiger partial charge in [0.2, 0.25) is 5.95 Å². The highest BCUT2D eigenvalue weighted by molar-refractivity contribution is 9.10. The second-order valence-corrected chi connectivity index (χ2v) is 14.2. The van der Waals surface area contributed by atoms with E-state index in [1.54, 1.807) is 48.4 Å². The molecule has 2 aromatic heterocycles. The predicted molar refractivity (Wildman–Crippen MR) is 166 cm³/mol. The maximum absolute atomic E-state index is 14.3. The molecule has 0 spiro atoms. The van der Waals surface area contributed by atoms with Crippen LogP contribution in [0.1, 0.15) is 22.8 Å². The minimum Gasteiger partial charge on any atom is -0.336 e. The molecular weight excluding hydrogens is 679 g/mol. The van der Waals surface area contributed by atoms with Crippen LogP contribution in [0, 0.1) is 0 Å². The Bertz CT molecular complexity index is 1810. The Hall–Kier alpha value is -3.29. The van der Waals surface area contributed by atoms with Crippen LogP contribution in [0.15, 0.2) is 82.7 Å². The van der Waals surface area contributed by atoms with Crippen LogP contribution in [-0.4, -0.2) is 70.2 Å². The van der Waals surface area contributed by atoms with Gasteiger partial charge in [-0.05, 0) is 55.0 Å². The molecular formula is C29H25BrCl2N6O4S. The number of fused-ring (bicyclic) bond motifs is 1. The quantitative estimate of drug-likeness (QED) is 0.276. The monoisotopic (exact) mass is 702 g/mol. The van der Waals surface area contributed by atoms with Crippen LogP contribution >= 0.6 is 39.1 Å². The van der Waals surface area contributed by atoms with Crippen molar-refractivity contribution < 1.29 is 18.0 Å². The number of carbonyl (C=O) groups excluding carboxylic acids is 2. The van der Waals surface area contributed by atoms with Gasteiger partial charge in [0.15, 0.2) is 5.03 Å². The number of rotatable bonds is 6. The molecule has 1 saturated heterocycles. The van der Waals surface area contributed by atoms with Gasteiger partial charge in [-0.15, -0.1) is 0 Å². The number of hydrogen-bond donors (Lipinski definition) is 0. The average Bonchev–Trinajstić information content (AvgIpc) is 3.52. The molecule has 10 nitrogen and oxygen atoms in total. The first kappa shape index (κ1) is 29.8. The molecule has 0 radical (unpaired) electrons. The van der Waals surface area contributed by atoms with E-state index < -0.39 is 15.6 Å². The number of hydrogen-bond acceptors (Lipinski definition) is 6. The van der Waals surface area contributed by atoms with Crippen molar-refractivity contribution in [3.05, 3.63) is 98.8 Å². The molecule has 6 rings (SSSR count). The second kappa shape index (κ2) is 11.3. The van der Waals surface area contributed by atoms with Crippen molar-refractivity contribution in [1.29, 1.82) is 0 Å². The summed E-state index contributed by atoms with van der Waals surface area (Å²) in [4.78, 5) is 38.6. The zero-order valence-electron chi connectivity index (χ0n) is 22.8. The SMILES string of the molecule is C[C@@]1(Cc2ccc(Br)cc2)C(=O)N(c2cc(Cl)cc(Cl)c2)c2ncc(S(=O)(=O)N3CCN(C(=O)c4cccnc4)CC3)n21. The number of nitrogens with zero attached hydrogens (tertiary/aromatic N) is 6. The van der Waals surface area contributed by atoms with E-state index >= 15 is 0 Å². The number of benzene rings is 2. The van der Waals surface area contributed by atoms with Crippen LogP contribution in [-0.2, 0) is 26.8 Å². The summed E-state index contributed by atoms with van der Waals surface area (Å²) in [5, 5.41) is 0.529. The molecule has 4 heterocycles. The molecule has 0 bridgehead atoms. The van der Waals surface area contributed by atoms with Crippen molar-refractivity contribution in [2.45, 2.75) is 23.9 Å². The predicted octanol–water partition coefficient (Wildman–Crippen LogP) is 5.13. The Morgan fingerprint density at radius 3 is 2.30 bits per heavy atom. The molecule has 4 aromatic rings. The molecule has 222 valence electrons. The lowest BCUT2D eigenvalue weighted by Gasteiger charge is -2.34. The Morgan fingerprint density at radius 2 is 1.67 bits per heavy atom. The Morgan fingerprint density at radius 1 is 1.00 bits per heavy atom. The molecule has 43 heavy (non-hydrogen) atoms. The zero-order valence-corrected chi connectivity index (χ0v) is 26.7. The van der Waals surface area contributed by atoms with Crippen molar-refractivity contribution in [3.63, 3.8) is 0 Å². The summed E-state index contributed by atoms with van der Waals surface area (Å²) in [6.07, 6.45) is 4.55. The van der Waals surface area contributed by atoms with E-state index in [9.17, 15) is 18.0 Å². The summed E-state index contributed by atoms with van der Waals surface area (Å²) in [6.45, 7) is 2.28. The van der Waals surface area contributed by atoms with Gasteiger partial charge in [-0.1, -0.05) is 51.3 Å². The van der Waals surface area contributed by atoms with Crippen molar-refractivity contribution >= 4 is 72.6 Å². The van der Waals surface area contributed by atoms with E-state index in [0.717, 1.165) is 10.0 Å². The minimum absolute atomic E-state index is 0.0832. The van der Waals surface area contributed by atoms with Gasteiger partial charge >= 0.3 is 0 Å². The van der Waals surface area contributed by atoms with Crippen molar-refractivity contribution in [2.75, 3.05) is 31.1 Å². The third-order valence-electron chi connectivity index (χ3n) is 7.67. The summed E-state index contributed by atoms with van der Waals surface area (Å²) >= 11 is 16.0. The van der Waals surface area contributed by atoms with E-state index in [4.69, 9.17) is 23.2 Å². The lowest BCUT2D eigenvalue weighted by Crippen LogP contribution is -2.51. The summed E-state index contributed by atoms with van der Waals surface area (Å²) in [7, 11) is -4.13. The second-order valence-electron chi connectivity index (χ2n) is 10.5. The molecule has 0 N–H and O–H groups in total. The highest BCUT2D eigenvalue weighted by atomic mass is 79.9. The fourth-order valence-corrected chi connectivity index (χ4v) is 7.94. The number of pyridine rings is 1. The molecule has 0 saturated carbocycles. The van der Waals surface area contributed by atoms with Crippen LogP contribution < -0.4 is 4.90 Å². The molecule has 0 aliphatic carbocycles. The van der Waals surface area contributed by atoms with Gasteiger partial charge in [0.05, 0.1) is 17.4 Å². The van der Waals surface area contributed by atoms with Gasteiger partial charge in [-0.2, -0.15) is 4.31 Å². The van der Waals surface area contributed by atoms with Crippen molar-refractivity contribution in [1.82, 2.24) is 23.7 Å². The topological polar surface area (TPSA) is 109 Å². The number of amides is 2. The molecule has 2 amide bonds. The number of piperazine rings is 1. The summed E-state index contributed by atoms with van der Waals surface area (Å²) in [6, 6.07) is 15.6. The van der Waals surface area contributed by atoms with E-state index in [1.807, 2.05) is 24.3 Å². The lowest BCUT2D eigenvalue weighted by molar-refractivity contribution is -0.124. The molecule has 1 atom stereocenters. The number of anilines is 2. The Labute approximate surface area is 267 Å². The third-order valence-corrected chi connectivity index (χ3v) is 10.5. The fourth-order valence-electron chi connectivity index (χ4n) is 5.55. The largest absolute Gasteiger partial charge is 0.336 e. The Balaban J connectivity index is 1.37. The first-order valence-corrected chi connectivity index (χ1v) is 16.3. The van der Waals surface area contributed by atoms with Crippen LogP contribution in [0.25, 0.3) is 0 Å². The number of imidazole rings is 1. The third kappa shape index (κ3) is 5.35. The van der Waals surface area contributed by atoms with Gasteiger partial charge in [0, 0.05) is 59.5 Å². The average molecular weight is 704 g/mol. The first-order valence-electron chi connectivity index (χ1n) is 13.3. The lowest BCUT2D eigenvalue weighted by atomic mass is 9.92. The number of sulfonamides is 1. The minimum atomic E-state index is -4.13. The normalized spacial score (nSPS) is 19.1. The van der Waals surface area contributed by atoms with E-state index in [2.05, 4.69) is 25.9 Å². The van der Waals surface area contributed by atoms with Crippen molar-refractivity contribution in [2.24, 2.45) is 0 Å². The van der Waals surface area contributed by atoms with Crippen molar-refractivity contribution in [3.8, 4) is 0 Å². The van der Waals surface area contributed by atoms with Gasteiger partial charge in [-0.3, -0.25) is 19.1 Å². The van der Waals surface area contributed by atoms with Crippen LogP contribution in [0.5, 0.6) is 0 Å². The number of halogens is 3. The fraction of sp³-hybridized carbons (Fsp3) is 0.241. The zero-order chi connectivity index (χ0) is 30.5. The highest BCUT2D eigenvalue weighted by Gasteiger charge is 2.52. The smallest absolute Gasteiger partial charge is 0.260 e. The standard InChI is InChI=1S/C29H25BrCl2N6O4S/c1-29(16-19-4-6-21(30)7-5-19)27(40)37(24-14-22(31)13-23(32)15-24)28-34-18-25(38(28)29)43(41,42)36-11-9-35(10-12-36)26(39)20-3-2-8-33-17-20/h2-8,13-15,17-18H,9-12,16H2,1H3/t29-/m1/s1. The molecule has 2 aromatic carbocycles. The summed E-state index contributed by atoms with van der Waals surface area (Å²) in [5.74, 6) is -0.439.